The summed E-state index contributed by atoms with van der Waals surface area (Å²) in [5.74, 6) is 0.695. The fourth-order valence-electron chi connectivity index (χ4n) is 2.50. The summed E-state index contributed by atoms with van der Waals surface area (Å²) in [7, 11) is 0. The van der Waals surface area contributed by atoms with Crippen molar-refractivity contribution in [1.29, 1.82) is 0 Å². The number of rotatable bonds is 5. The molecule has 5 nitrogen and oxygen atoms in total. The van der Waals surface area contributed by atoms with Crippen molar-refractivity contribution in [1.82, 2.24) is 9.88 Å². The van der Waals surface area contributed by atoms with E-state index < -0.39 is 0 Å². The summed E-state index contributed by atoms with van der Waals surface area (Å²) in [5.41, 5.74) is 7.99. The van der Waals surface area contributed by atoms with Crippen molar-refractivity contribution in [2.75, 3.05) is 18.9 Å². The molecule has 0 amide bonds. The minimum atomic E-state index is 0.170. The Labute approximate surface area is 112 Å². The molecule has 1 saturated carbocycles. The van der Waals surface area contributed by atoms with Gasteiger partial charge in [0.2, 0.25) is 5.89 Å². The number of benzene rings is 1. The van der Waals surface area contributed by atoms with Gasteiger partial charge in [0.15, 0.2) is 5.58 Å². The minimum Gasteiger partial charge on any atom is -0.439 e. The van der Waals surface area contributed by atoms with E-state index in [1.54, 1.807) is 0 Å². The highest BCUT2D eigenvalue weighted by Gasteiger charge is 2.25. The van der Waals surface area contributed by atoms with E-state index in [0.717, 1.165) is 11.1 Å². The molecule has 1 aromatic heterocycles. The van der Waals surface area contributed by atoms with E-state index in [4.69, 9.17) is 15.3 Å². The predicted octanol–water partition coefficient (Wildman–Crippen LogP) is 1.76. The minimum absolute atomic E-state index is 0.170. The van der Waals surface area contributed by atoms with Gasteiger partial charge in [0.1, 0.15) is 5.52 Å². The number of aromatic nitrogens is 1. The summed E-state index contributed by atoms with van der Waals surface area (Å²) in [6.07, 6.45) is 3.68. The van der Waals surface area contributed by atoms with E-state index in [9.17, 15) is 0 Å². The molecule has 0 atom stereocenters. The maximum Gasteiger partial charge on any atom is 0.209 e. The Morgan fingerprint density at radius 1 is 1.42 bits per heavy atom. The fourth-order valence-corrected chi connectivity index (χ4v) is 2.50. The SMILES string of the molecule is Nc1ccc2oc(CN(CCO)C3CCC3)nc2c1. The van der Waals surface area contributed by atoms with Gasteiger partial charge in [-0.15, -0.1) is 0 Å². The van der Waals surface area contributed by atoms with E-state index in [1.807, 2.05) is 18.2 Å². The molecule has 0 aliphatic heterocycles. The summed E-state index contributed by atoms with van der Waals surface area (Å²) in [5, 5.41) is 9.15. The van der Waals surface area contributed by atoms with Crippen LogP contribution in [0.3, 0.4) is 0 Å². The maximum atomic E-state index is 9.15. The first-order chi connectivity index (χ1) is 9.26. The number of hydrogen-bond donors (Lipinski definition) is 2. The highest BCUT2D eigenvalue weighted by Crippen LogP contribution is 2.27. The average Bonchev–Trinajstić information content (AvgIpc) is 2.68. The standard InChI is InChI=1S/C14H19N3O2/c15-10-4-5-13-12(8-10)16-14(19-13)9-17(6-7-18)11-2-1-3-11/h4-5,8,11,18H,1-3,6-7,9,15H2. The molecule has 102 valence electrons. The second-order valence-electron chi connectivity index (χ2n) is 5.11. The lowest BCUT2D eigenvalue weighted by Crippen LogP contribution is -2.41. The van der Waals surface area contributed by atoms with Crippen LogP contribution in [0.1, 0.15) is 25.2 Å². The Morgan fingerprint density at radius 3 is 2.95 bits per heavy atom. The van der Waals surface area contributed by atoms with Crippen LogP contribution in [0.5, 0.6) is 0 Å². The van der Waals surface area contributed by atoms with Crippen LogP contribution in [0.25, 0.3) is 11.1 Å². The van der Waals surface area contributed by atoms with Crippen molar-refractivity contribution >= 4 is 16.8 Å². The lowest BCUT2D eigenvalue weighted by molar-refractivity contribution is 0.0867. The molecule has 0 unspecified atom stereocenters. The van der Waals surface area contributed by atoms with Gasteiger partial charge in [0, 0.05) is 18.3 Å². The third kappa shape index (κ3) is 2.57. The Morgan fingerprint density at radius 2 is 2.26 bits per heavy atom. The van der Waals surface area contributed by atoms with Crippen LogP contribution in [0.4, 0.5) is 5.69 Å². The Kier molecular flexibility index (Phi) is 3.40. The van der Waals surface area contributed by atoms with Gasteiger partial charge >= 0.3 is 0 Å². The molecule has 3 rings (SSSR count). The molecule has 1 fully saturated rings. The van der Waals surface area contributed by atoms with Crippen molar-refractivity contribution < 1.29 is 9.52 Å². The van der Waals surface area contributed by atoms with E-state index in [0.29, 0.717) is 30.7 Å². The van der Waals surface area contributed by atoms with E-state index >= 15 is 0 Å². The quantitative estimate of drug-likeness (QED) is 0.802. The van der Waals surface area contributed by atoms with Gasteiger partial charge < -0.3 is 15.3 Å². The molecule has 1 aliphatic rings. The molecule has 0 bridgehead atoms. The topological polar surface area (TPSA) is 75.5 Å². The molecule has 3 N–H and O–H groups in total. The Hall–Kier alpha value is -1.59. The molecule has 1 aliphatic carbocycles. The number of aliphatic hydroxyl groups is 1. The number of nitrogens with zero attached hydrogens (tertiary/aromatic N) is 2. The summed E-state index contributed by atoms with van der Waals surface area (Å²) < 4.78 is 5.73. The van der Waals surface area contributed by atoms with Gasteiger partial charge in [-0.05, 0) is 31.0 Å². The number of fused-ring (bicyclic) bond motifs is 1. The molecule has 0 radical (unpaired) electrons. The normalized spacial score (nSPS) is 16.1. The first kappa shape index (κ1) is 12.4. The molecular weight excluding hydrogens is 242 g/mol. The number of nitrogens with two attached hydrogens (primary N) is 1. The summed E-state index contributed by atoms with van der Waals surface area (Å²) in [6, 6.07) is 6.05. The Bertz CT molecular complexity index is 563. The first-order valence-corrected chi connectivity index (χ1v) is 6.76. The average molecular weight is 261 g/mol. The Balaban J connectivity index is 1.78. The van der Waals surface area contributed by atoms with Crippen LogP contribution in [0, 0.1) is 0 Å². The number of nitrogen functional groups attached to an aromatic ring is 1. The van der Waals surface area contributed by atoms with Crippen molar-refractivity contribution in [3.05, 3.63) is 24.1 Å². The van der Waals surface area contributed by atoms with Crippen LogP contribution >= 0.6 is 0 Å². The number of aliphatic hydroxyl groups excluding tert-OH is 1. The molecule has 0 saturated heterocycles. The predicted molar refractivity (Wildman–Crippen MR) is 73.6 cm³/mol. The molecule has 5 heteroatoms. The van der Waals surface area contributed by atoms with Crippen LogP contribution in [-0.4, -0.2) is 34.2 Å². The smallest absolute Gasteiger partial charge is 0.209 e. The number of hydrogen-bond acceptors (Lipinski definition) is 5. The second-order valence-corrected chi connectivity index (χ2v) is 5.11. The van der Waals surface area contributed by atoms with Crippen LogP contribution in [0.2, 0.25) is 0 Å². The zero-order valence-corrected chi connectivity index (χ0v) is 10.9. The molecule has 2 aromatic rings. The second kappa shape index (κ2) is 5.19. The molecule has 0 spiro atoms. The van der Waals surface area contributed by atoms with Crippen LogP contribution in [0.15, 0.2) is 22.6 Å². The van der Waals surface area contributed by atoms with E-state index in [-0.39, 0.29) is 6.61 Å². The monoisotopic (exact) mass is 261 g/mol. The van der Waals surface area contributed by atoms with Crippen LogP contribution < -0.4 is 5.73 Å². The third-order valence-electron chi connectivity index (χ3n) is 3.77. The van der Waals surface area contributed by atoms with Gasteiger partial charge in [-0.25, -0.2) is 4.98 Å². The number of oxazole rings is 1. The highest BCUT2D eigenvalue weighted by molar-refractivity contribution is 5.76. The zero-order chi connectivity index (χ0) is 13.2. The molecule has 1 aromatic carbocycles. The third-order valence-corrected chi connectivity index (χ3v) is 3.77. The highest BCUT2D eigenvalue weighted by atomic mass is 16.3. The van der Waals surface area contributed by atoms with Gasteiger partial charge in [0.25, 0.3) is 0 Å². The summed E-state index contributed by atoms with van der Waals surface area (Å²) in [6.45, 7) is 1.50. The van der Waals surface area contributed by atoms with Crippen molar-refractivity contribution in [3.63, 3.8) is 0 Å². The van der Waals surface area contributed by atoms with E-state index in [1.165, 1.54) is 19.3 Å². The molecule has 19 heavy (non-hydrogen) atoms. The van der Waals surface area contributed by atoms with E-state index in [2.05, 4.69) is 9.88 Å². The lowest BCUT2D eigenvalue weighted by atomic mass is 9.91. The maximum absolute atomic E-state index is 9.15. The van der Waals surface area contributed by atoms with Crippen LogP contribution in [-0.2, 0) is 6.54 Å². The largest absolute Gasteiger partial charge is 0.439 e. The van der Waals surface area contributed by atoms with Gasteiger partial charge in [-0.1, -0.05) is 6.42 Å². The zero-order valence-electron chi connectivity index (χ0n) is 10.9. The lowest BCUT2D eigenvalue weighted by Gasteiger charge is -2.36. The van der Waals surface area contributed by atoms with Crippen molar-refractivity contribution in [2.45, 2.75) is 31.8 Å². The molecular formula is C14H19N3O2. The first-order valence-electron chi connectivity index (χ1n) is 6.76. The van der Waals surface area contributed by atoms with Crippen molar-refractivity contribution in [2.24, 2.45) is 0 Å². The van der Waals surface area contributed by atoms with Gasteiger partial charge in [-0.3, -0.25) is 4.90 Å². The number of anilines is 1. The van der Waals surface area contributed by atoms with Gasteiger partial charge in [-0.2, -0.15) is 0 Å². The van der Waals surface area contributed by atoms with Crippen molar-refractivity contribution in [3.8, 4) is 0 Å². The fraction of sp³-hybridized carbons (Fsp3) is 0.500. The van der Waals surface area contributed by atoms with Gasteiger partial charge in [0.05, 0.1) is 13.2 Å². The summed E-state index contributed by atoms with van der Waals surface area (Å²) >= 11 is 0. The summed E-state index contributed by atoms with van der Waals surface area (Å²) in [4.78, 5) is 6.71. The molecule has 1 heterocycles.